The maximum absolute atomic E-state index is 12.9. The van der Waals surface area contributed by atoms with Gasteiger partial charge in [0.2, 0.25) is 0 Å². The summed E-state index contributed by atoms with van der Waals surface area (Å²) in [4.78, 5) is 24.8. The minimum Gasteiger partial charge on any atom is -0.480 e. The van der Waals surface area contributed by atoms with Gasteiger partial charge in [0.1, 0.15) is 6.04 Å². The molecule has 0 aliphatic rings. The van der Waals surface area contributed by atoms with Gasteiger partial charge in [0.15, 0.2) is 9.84 Å². The van der Waals surface area contributed by atoms with E-state index in [1.54, 1.807) is 18.2 Å². The van der Waals surface area contributed by atoms with Crippen molar-refractivity contribution >= 4 is 58.4 Å². The van der Waals surface area contributed by atoms with Crippen LogP contribution in [0.2, 0.25) is 10.0 Å². The second kappa shape index (κ2) is 12.2. The first kappa shape index (κ1) is 28.1. The van der Waals surface area contributed by atoms with Gasteiger partial charge < -0.3 is 14.9 Å². The molecule has 3 aromatic rings. The molecule has 11 heteroatoms. The van der Waals surface area contributed by atoms with Crippen LogP contribution in [-0.2, 0) is 32.2 Å². The first-order chi connectivity index (χ1) is 17.0. The molecular formula is C25H24Cl2NO6PS. The minimum atomic E-state index is -3.47. The van der Waals surface area contributed by atoms with Crippen molar-refractivity contribution in [1.82, 2.24) is 5.32 Å². The van der Waals surface area contributed by atoms with Crippen molar-refractivity contribution in [2.24, 2.45) is 0 Å². The van der Waals surface area contributed by atoms with Crippen LogP contribution in [0.5, 0.6) is 0 Å². The molecule has 2 atom stereocenters. The lowest BCUT2D eigenvalue weighted by Gasteiger charge is -2.17. The van der Waals surface area contributed by atoms with Crippen LogP contribution in [0.1, 0.15) is 21.5 Å². The van der Waals surface area contributed by atoms with Crippen LogP contribution in [0.15, 0.2) is 71.6 Å². The quantitative estimate of drug-likeness (QED) is 0.344. The lowest BCUT2D eigenvalue weighted by atomic mass is 10.0. The summed E-state index contributed by atoms with van der Waals surface area (Å²) in [6, 6.07) is 17.4. The Hall–Kier alpha value is -2.48. The number of carboxylic acid groups (broad SMARTS) is 1. The van der Waals surface area contributed by atoms with Gasteiger partial charge in [-0.05, 0) is 42.1 Å². The van der Waals surface area contributed by atoms with E-state index in [0.29, 0.717) is 11.1 Å². The monoisotopic (exact) mass is 567 g/mol. The molecule has 2 N–H and O–H groups in total. The Morgan fingerprint density at radius 1 is 1.00 bits per heavy atom. The lowest BCUT2D eigenvalue weighted by molar-refractivity contribution is -0.139. The largest absolute Gasteiger partial charge is 0.480 e. The second-order valence-corrected chi connectivity index (χ2v) is 12.6. The smallest absolute Gasteiger partial charge is 0.326 e. The highest BCUT2D eigenvalue weighted by molar-refractivity contribution is 7.90. The molecule has 0 saturated heterocycles. The van der Waals surface area contributed by atoms with Crippen molar-refractivity contribution in [3.05, 3.63) is 93.5 Å². The number of carbonyl (C=O) groups excluding carboxylic acids is 1. The van der Waals surface area contributed by atoms with Crippen molar-refractivity contribution < 1.29 is 27.6 Å². The van der Waals surface area contributed by atoms with Crippen molar-refractivity contribution in [3.8, 4) is 0 Å². The summed E-state index contributed by atoms with van der Waals surface area (Å²) in [5, 5.41) is 13.3. The predicted octanol–water partition coefficient (Wildman–Crippen LogP) is 4.69. The van der Waals surface area contributed by atoms with Gasteiger partial charge in [-0.15, -0.1) is 0 Å². The fraction of sp³-hybridized carbons (Fsp3) is 0.200. The third kappa shape index (κ3) is 7.51. The van der Waals surface area contributed by atoms with Gasteiger partial charge in [0.25, 0.3) is 5.91 Å². The molecule has 0 spiro atoms. The molecule has 7 nitrogen and oxygen atoms in total. The van der Waals surface area contributed by atoms with Crippen LogP contribution >= 0.6 is 31.4 Å². The molecule has 0 saturated carbocycles. The average molecular weight is 568 g/mol. The third-order valence-corrected chi connectivity index (χ3v) is 8.49. The maximum atomic E-state index is 12.9. The highest BCUT2D eigenvalue weighted by Gasteiger charge is 2.25. The van der Waals surface area contributed by atoms with Crippen LogP contribution < -0.4 is 10.6 Å². The van der Waals surface area contributed by atoms with E-state index >= 15 is 0 Å². The van der Waals surface area contributed by atoms with E-state index in [-0.39, 0.29) is 33.5 Å². The number of carboxylic acids is 1. The zero-order valence-corrected chi connectivity index (χ0v) is 22.7. The number of sulfone groups is 1. The first-order valence-electron chi connectivity index (χ1n) is 10.7. The molecule has 0 radical (unpaired) electrons. The zero-order chi connectivity index (χ0) is 26.5. The summed E-state index contributed by atoms with van der Waals surface area (Å²) in [7, 11) is -4.33. The number of hydrogen-bond donors (Lipinski definition) is 2. The van der Waals surface area contributed by atoms with Gasteiger partial charge in [-0.25, -0.2) is 13.2 Å². The summed E-state index contributed by atoms with van der Waals surface area (Å²) in [5.74, 6) is -2.05. The number of halogens is 2. The number of nitrogens with one attached hydrogen (secondary N) is 1. The van der Waals surface area contributed by atoms with Gasteiger partial charge in [0.05, 0.1) is 35.3 Å². The fourth-order valence-corrected chi connectivity index (χ4v) is 5.86. The minimum absolute atomic E-state index is 0.0555. The van der Waals surface area contributed by atoms with Gasteiger partial charge in [0, 0.05) is 18.0 Å². The SMILES string of the molecule is CP(OCc1cc(Cl)c(C(=O)NC(Cc2cccc(S(C)(=O)=O)c2)C(=O)O)c(Cl)c1)c1ccccc1. The number of rotatable bonds is 10. The molecule has 36 heavy (non-hydrogen) atoms. The number of amides is 1. The molecule has 0 aromatic heterocycles. The van der Waals surface area contributed by atoms with E-state index < -0.39 is 35.9 Å². The van der Waals surface area contributed by atoms with Crippen molar-refractivity contribution in [1.29, 1.82) is 0 Å². The van der Waals surface area contributed by atoms with Gasteiger partial charge in [-0.1, -0.05) is 65.7 Å². The maximum Gasteiger partial charge on any atom is 0.326 e. The van der Waals surface area contributed by atoms with Crippen molar-refractivity contribution in [2.75, 3.05) is 12.9 Å². The number of hydrogen-bond acceptors (Lipinski definition) is 5. The highest BCUT2D eigenvalue weighted by Crippen LogP contribution is 2.34. The van der Waals surface area contributed by atoms with E-state index in [4.69, 9.17) is 27.7 Å². The Bertz CT molecular complexity index is 1340. The number of carbonyl (C=O) groups is 2. The molecular weight excluding hydrogens is 544 g/mol. The van der Waals surface area contributed by atoms with Crippen LogP contribution in [0.4, 0.5) is 0 Å². The van der Waals surface area contributed by atoms with E-state index in [9.17, 15) is 23.1 Å². The molecule has 0 aliphatic carbocycles. The van der Waals surface area contributed by atoms with E-state index in [2.05, 4.69) is 5.32 Å². The summed E-state index contributed by atoms with van der Waals surface area (Å²) >= 11 is 12.7. The number of benzene rings is 3. The molecule has 0 heterocycles. The van der Waals surface area contributed by atoms with Gasteiger partial charge >= 0.3 is 5.97 Å². The van der Waals surface area contributed by atoms with E-state index in [1.807, 2.05) is 37.0 Å². The molecule has 0 fully saturated rings. The second-order valence-electron chi connectivity index (χ2n) is 8.03. The van der Waals surface area contributed by atoms with Gasteiger partial charge in [-0.2, -0.15) is 0 Å². The Balaban J connectivity index is 1.72. The van der Waals surface area contributed by atoms with E-state index in [0.717, 1.165) is 11.6 Å². The molecule has 1 amide bonds. The third-order valence-electron chi connectivity index (χ3n) is 5.24. The first-order valence-corrected chi connectivity index (χ1v) is 15.0. The molecule has 190 valence electrons. The molecule has 3 rings (SSSR count). The predicted molar refractivity (Wildman–Crippen MR) is 142 cm³/mol. The Morgan fingerprint density at radius 2 is 1.64 bits per heavy atom. The lowest BCUT2D eigenvalue weighted by Crippen LogP contribution is -2.42. The van der Waals surface area contributed by atoms with Crippen LogP contribution in [0.25, 0.3) is 0 Å². The normalized spacial score (nSPS) is 13.1. The zero-order valence-electron chi connectivity index (χ0n) is 19.4. The van der Waals surface area contributed by atoms with Crippen LogP contribution in [0, 0.1) is 0 Å². The Kier molecular flexibility index (Phi) is 9.50. The molecule has 0 bridgehead atoms. The molecule has 2 unspecified atom stereocenters. The van der Waals surface area contributed by atoms with Crippen LogP contribution in [0.3, 0.4) is 0 Å². The standard InChI is InChI=1S/C25H24Cl2NO6PS/c1-35(18-8-4-3-5-9-18)34-15-17-12-20(26)23(21(27)13-17)24(29)28-22(25(30)31)14-16-7-6-10-19(11-16)36(2,32)33/h3-13,22H,14-15H2,1-2H3,(H,28,29)(H,30,31). The molecule has 0 aliphatic heterocycles. The summed E-state index contributed by atoms with van der Waals surface area (Å²) in [6.45, 7) is 2.21. The summed E-state index contributed by atoms with van der Waals surface area (Å²) in [5.41, 5.74) is 1.05. The Labute approximate surface area is 221 Å². The topological polar surface area (TPSA) is 110 Å². The van der Waals surface area contributed by atoms with Gasteiger partial charge in [-0.3, -0.25) is 4.79 Å². The van der Waals surface area contributed by atoms with Crippen molar-refractivity contribution in [3.63, 3.8) is 0 Å². The average Bonchev–Trinajstić information content (AvgIpc) is 2.82. The fourth-order valence-electron chi connectivity index (χ4n) is 3.38. The van der Waals surface area contributed by atoms with Crippen LogP contribution in [-0.4, -0.2) is 44.4 Å². The summed E-state index contributed by atoms with van der Waals surface area (Å²) in [6.07, 6.45) is 0.926. The van der Waals surface area contributed by atoms with Crippen molar-refractivity contribution in [2.45, 2.75) is 24.0 Å². The molecule has 3 aromatic carbocycles. The number of aliphatic carboxylic acids is 1. The Morgan fingerprint density at radius 3 is 2.22 bits per heavy atom. The highest BCUT2D eigenvalue weighted by atomic mass is 35.5. The van der Waals surface area contributed by atoms with E-state index in [1.165, 1.54) is 18.2 Å². The summed E-state index contributed by atoms with van der Waals surface area (Å²) < 4.78 is 29.6.